The van der Waals surface area contributed by atoms with Crippen molar-refractivity contribution in [1.29, 1.82) is 0 Å². The summed E-state index contributed by atoms with van der Waals surface area (Å²) in [5.74, 6) is -2.29. The Morgan fingerprint density at radius 2 is 2.25 bits per heavy atom. The predicted octanol–water partition coefficient (Wildman–Crippen LogP) is 2.51. The number of aliphatic carboxylic acids is 1. The number of carboxylic acids is 1. The Kier molecular flexibility index (Phi) is 4.14. The molecule has 1 atom stereocenters. The molecule has 1 rings (SSSR count). The average Bonchev–Trinajstić information content (AvgIpc) is 2.61. The van der Waals surface area contributed by atoms with Crippen molar-refractivity contribution in [3.63, 3.8) is 0 Å². The summed E-state index contributed by atoms with van der Waals surface area (Å²) in [6.45, 7) is 1.64. The highest BCUT2D eigenvalue weighted by Gasteiger charge is 2.36. The first-order valence-electron chi connectivity index (χ1n) is 4.15. The number of halogens is 3. The maximum atomic E-state index is 12.1. The van der Waals surface area contributed by atoms with Crippen LogP contribution in [-0.2, 0) is 11.0 Å². The second-order valence-corrected chi connectivity index (χ2v) is 4.94. The Morgan fingerprint density at radius 1 is 1.62 bits per heavy atom. The monoisotopic (exact) mass is 272 g/mol. The number of nitrogens with zero attached hydrogens (tertiary/aromatic N) is 2. The van der Waals surface area contributed by atoms with Crippen LogP contribution in [0.3, 0.4) is 0 Å². The number of alkyl halides is 3. The molecule has 90 valence electrons. The van der Waals surface area contributed by atoms with Gasteiger partial charge in [-0.3, -0.25) is 4.79 Å². The lowest BCUT2D eigenvalue weighted by Crippen LogP contribution is -2.14. The lowest BCUT2D eigenvalue weighted by Gasteiger charge is -2.05. The van der Waals surface area contributed by atoms with E-state index >= 15 is 0 Å². The summed E-state index contributed by atoms with van der Waals surface area (Å²) in [4.78, 5) is 13.9. The van der Waals surface area contributed by atoms with E-state index in [0.29, 0.717) is 18.0 Å². The Labute approximate surface area is 97.1 Å². The van der Waals surface area contributed by atoms with Gasteiger partial charge < -0.3 is 5.11 Å². The van der Waals surface area contributed by atoms with Gasteiger partial charge in [-0.2, -0.15) is 17.5 Å². The first kappa shape index (κ1) is 13.2. The van der Waals surface area contributed by atoms with Crippen LogP contribution in [-0.4, -0.2) is 25.7 Å². The van der Waals surface area contributed by atoms with Crippen molar-refractivity contribution in [3.8, 4) is 0 Å². The zero-order valence-corrected chi connectivity index (χ0v) is 9.62. The topological polar surface area (TPSA) is 63.1 Å². The molecule has 0 bridgehead atoms. The van der Waals surface area contributed by atoms with E-state index in [1.807, 2.05) is 0 Å². The van der Waals surface area contributed by atoms with Crippen molar-refractivity contribution in [2.75, 3.05) is 0 Å². The van der Waals surface area contributed by atoms with Crippen molar-refractivity contribution >= 4 is 29.3 Å². The lowest BCUT2D eigenvalue weighted by molar-refractivity contribution is -0.144. The molecule has 0 aliphatic heterocycles. The molecule has 4 nitrogen and oxygen atoms in total. The van der Waals surface area contributed by atoms with Crippen molar-refractivity contribution in [2.45, 2.75) is 29.1 Å². The van der Waals surface area contributed by atoms with Gasteiger partial charge in [-0.25, -0.2) is 4.98 Å². The summed E-state index contributed by atoms with van der Waals surface area (Å²) in [7, 11) is 0. The van der Waals surface area contributed by atoms with Crippen LogP contribution in [0.5, 0.6) is 0 Å². The van der Waals surface area contributed by atoms with Gasteiger partial charge in [-0.1, -0.05) is 18.7 Å². The number of carbonyl (C=O) groups is 1. The molecule has 0 saturated carbocycles. The summed E-state index contributed by atoms with van der Waals surface area (Å²) >= 11 is 1.34. The Morgan fingerprint density at radius 3 is 2.62 bits per heavy atom. The standard InChI is InChI=1S/C7H7F3N2O2S2/c1-2-3(4(13)14)15-6-11-5(12-16-6)7(8,9)10/h3H,2H2,1H3,(H,13,14). The van der Waals surface area contributed by atoms with Crippen LogP contribution >= 0.6 is 23.3 Å². The normalized spacial score (nSPS) is 13.8. The molecule has 0 spiro atoms. The molecule has 0 aliphatic rings. The van der Waals surface area contributed by atoms with Crippen molar-refractivity contribution in [3.05, 3.63) is 5.82 Å². The van der Waals surface area contributed by atoms with E-state index in [4.69, 9.17) is 5.11 Å². The van der Waals surface area contributed by atoms with Crippen LogP contribution in [0.2, 0.25) is 0 Å². The number of aromatic nitrogens is 2. The number of hydrogen-bond acceptors (Lipinski definition) is 5. The molecule has 9 heteroatoms. The van der Waals surface area contributed by atoms with Crippen LogP contribution in [0.1, 0.15) is 19.2 Å². The van der Waals surface area contributed by atoms with Crippen LogP contribution < -0.4 is 0 Å². The van der Waals surface area contributed by atoms with E-state index in [1.165, 1.54) is 0 Å². The van der Waals surface area contributed by atoms with Crippen LogP contribution in [0.4, 0.5) is 13.2 Å². The Hall–Kier alpha value is -0.830. The molecule has 16 heavy (non-hydrogen) atoms. The van der Waals surface area contributed by atoms with Crippen LogP contribution in [0.15, 0.2) is 4.34 Å². The maximum Gasteiger partial charge on any atom is 0.452 e. The van der Waals surface area contributed by atoms with Crippen LogP contribution in [0.25, 0.3) is 0 Å². The molecule has 1 N–H and O–H groups in total. The average molecular weight is 272 g/mol. The Balaban J connectivity index is 2.76. The summed E-state index contributed by atoms with van der Waals surface area (Å²) in [5.41, 5.74) is 0. The van der Waals surface area contributed by atoms with E-state index in [0.717, 1.165) is 11.8 Å². The van der Waals surface area contributed by atoms with Crippen molar-refractivity contribution < 1.29 is 23.1 Å². The number of carboxylic acid groups (broad SMARTS) is 1. The third kappa shape index (κ3) is 3.34. The fourth-order valence-electron chi connectivity index (χ4n) is 0.803. The SMILES string of the molecule is CCC(Sc1nc(C(F)(F)F)ns1)C(=O)O. The minimum Gasteiger partial charge on any atom is -0.480 e. The number of rotatable bonds is 4. The van der Waals surface area contributed by atoms with Gasteiger partial charge in [0.25, 0.3) is 0 Å². The van der Waals surface area contributed by atoms with E-state index in [2.05, 4.69) is 9.36 Å². The van der Waals surface area contributed by atoms with Gasteiger partial charge in [0.2, 0.25) is 5.82 Å². The molecule has 0 aliphatic carbocycles. The van der Waals surface area contributed by atoms with Crippen molar-refractivity contribution in [1.82, 2.24) is 9.36 Å². The molecular weight excluding hydrogens is 265 g/mol. The minimum absolute atomic E-state index is 0.0153. The van der Waals surface area contributed by atoms with Gasteiger partial charge in [0.1, 0.15) is 5.25 Å². The second-order valence-electron chi connectivity index (χ2n) is 2.73. The van der Waals surface area contributed by atoms with Crippen LogP contribution in [0, 0.1) is 0 Å². The molecule has 0 amide bonds. The Bertz CT molecular complexity index is 380. The van der Waals surface area contributed by atoms with E-state index in [9.17, 15) is 18.0 Å². The van der Waals surface area contributed by atoms with E-state index < -0.39 is 23.2 Å². The first-order chi connectivity index (χ1) is 7.34. The second kappa shape index (κ2) is 5.00. The fraction of sp³-hybridized carbons (Fsp3) is 0.571. The fourth-order valence-corrected chi connectivity index (χ4v) is 2.52. The summed E-state index contributed by atoms with van der Waals surface area (Å²) < 4.78 is 39.5. The number of thioether (sulfide) groups is 1. The molecule has 1 unspecified atom stereocenters. The van der Waals surface area contributed by atoms with Gasteiger partial charge in [-0.15, -0.1) is 0 Å². The summed E-state index contributed by atoms with van der Waals surface area (Å²) in [6.07, 6.45) is -4.28. The van der Waals surface area contributed by atoms with Crippen molar-refractivity contribution in [2.24, 2.45) is 0 Å². The molecule has 1 aromatic rings. The predicted molar refractivity (Wildman–Crippen MR) is 52.5 cm³/mol. The minimum atomic E-state index is -4.58. The van der Waals surface area contributed by atoms with Gasteiger partial charge >= 0.3 is 12.1 Å². The summed E-state index contributed by atoms with van der Waals surface area (Å²) in [5, 5.41) is 7.92. The van der Waals surface area contributed by atoms with Gasteiger partial charge in [0, 0.05) is 0 Å². The highest BCUT2D eigenvalue weighted by Crippen LogP contribution is 2.32. The molecular formula is C7H7F3N2O2S2. The quantitative estimate of drug-likeness (QED) is 0.853. The lowest BCUT2D eigenvalue weighted by atomic mass is 10.3. The summed E-state index contributed by atoms with van der Waals surface area (Å²) in [6, 6.07) is 0. The van der Waals surface area contributed by atoms with E-state index in [-0.39, 0.29) is 4.34 Å². The zero-order valence-electron chi connectivity index (χ0n) is 7.98. The first-order valence-corrected chi connectivity index (χ1v) is 5.80. The largest absolute Gasteiger partial charge is 0.480 e. The highest BCUT2D eigenvalue weighted by atomic mass is 32.2. The molecule has 0 fully saturated rings. The number of hydrogen-bond donors (Lipinski definition) is 1. The maximum absolute atomic E-state index is 12.1. The highest BCUT2D eigenvalue weighted by molar-refractivity contribution is 8.02. The smallest absolute Gasteiger partial charge is 0.452 e. The zero-order chi connectivity index (χ0) is 12.3. The third-order valence-corrected chi connectivity index (χ3v) is 3.69. The molecule has 0 aromatic carbocycles. The molecule has 1 heterocycles. The van der Waals surface area contributed by atoms with Gasteiger partial charge in [0.05, 0.1) is 0 Å². The van der Waals surface area contributed by atoms with Gasteiger partial charge in [0.15, 0.2) is 4.34 Å². The molecule has 0 radical (unpaired) electrons. The third-order valence-electron chi connectivity index (χ3n) is 1.55. The molecule has 0 saturated heterocycles. The van der Waals surface area contributed by atoms with E-state index in [1.54, 1.807) is 6.92 Å². The molecule has 1 aromatic heterocycles. The van der Waals surface area contributed by atoms with Gasteiger partial charge in [-0.05, 0) is 18.0 Å².